The molecule has 0 aliphatic carbocycles. The van der Waals surface area contributed by atoms with Crippen LogP contribution in [0.15, 0.2) is 30.3 Å². The van der Waals surface area contributed by atoms with E-state index >= 15 is 0 Å². The minimum Gasteiger partial charge on any atom is -0.481 e. The van der Waals surface area contributed by atoms with Crippen LogP contribution in [0.25, 0.3) is 0 Å². The van der Waals surface area contributed by atoms with E-state index in [2.05, 4.69) is 0 Å². The fourth-order valence-corrected chi connectivity index (χ4v) is 2.07. The van der Waals surface area contributed by atoms with Gasteiger partial charge in [0.25, 0.3) is 0 Å². The Morgan fingerprint density at radius 3 is 2.53 bits per heavy atom. The van der Waals surface area contributed by atoms with Gasteiger partial charge >= 0.3 is 12.0 Å². The Labute approximate surface area is 112 Å². The summed E-state index contributed by atoms with van der Waals surface area (Å²) in [7, 11) is 1.75. The van der Waals surface area contributed by atoms with Crippen molar-refractivity contribution in [1.82, 2.24) is 9.80 Å². The SMILES string of the molecule is CN(CCc1ccccc1)C(=O)N1CC(C(=O)O)C1. The first kappa shape index (κ1) is 13.4. The van der Waals surface area contributed by atoms with Crippen molar-refractivity contribution in [3.05, 3.63) is 35.9 Å². The third-order valence-electron chi connectivity index (χ3n) is 3.41. The number of urea groups is 1. The molecule has 0 saturated carbocycles. The van der Waals surface area contributed by atoms with Crippen LogP contribution in [0.4, 0.5) is 4.79 Å². The lowest BCUT2D eigenvalue weighted by Gasteiger charge is -2.39. The number of likely N-dealkylation sites (tertiary alicyclic amines) is 1. The van der Waals surface area contributed by atoms with E-state index in [0.29, 0.717) is 19.6 Å². The highest BCUT2D eigenvalue weighted by molar-refractivity contribution is 5.79. The lowest BCUT2D eigenvalue weighted by molar-refractivity contribution is -0.146. The van der Waals surface area contributed by atoms with Crippen LogP contribution in [-0.4, -0.2) is 53.6 Å². The molecule has 1 saturated heterocycles. The molecule has 2 rings (SSSR count). The van der Waals surface area contributed by atoms with Gasteiger partial charge in [0.1, 0.15) is 0 Å². The normalized spacial score (nSPS) is 14.9. The molecular weight excluding hydrogens is 244 g/mol. The monoisotopic (exact) mass is 262 g/mol. The number of nitrogens with zero attached hydrogens (tertiary/aromatic N) is 2. The molecule has 0 aromatic heterocycles. The van der Waals surface area contributed by atoms with Gasteiger partial charge in [-0.1, -0.05) is 30.3 Å². The fourth-order valence-electron chi connectivity index (χ4n) is 2.07. The summed E-state index contributed by atoms with van der Waals surface area (Å²) in [4.78, 5) is 25.9. The molecule has 1 aliphatic heterocycles. The van der Waals surface area contributed by atoms with E-state index in [1.165, 1.54) is 5.56 Å². The number of carboxylic acid groups (broad SMARTS) is 1. The van der Waals surface area contributed by atoms with Gasteiger partial charge < -0.3 is 14.9 Å². The average molecular weight is 262 g/mol. The van der Waals surface area contributed by atoms with Crippen molar-refractivity contribution >= 4 is 12.0 Å². The van der Waals surface area contributed by atoms with E-state index < -0.39 is 11.9 Å². The molecule has 0 spiro atoms. The quantitative estimate of drug-likeness (QED) is 0.889. The molecule has 1 heterocycles. The largest absolute Gasteiger partial charge is 0.481 e. The molecule has 5 heteroatoms. The van der Waals surface area contributed by atoms with Crippen molar-refractivity contribution in [3.63, 3.8) is 0 Å². The smallest absolute Gasteiger partial charge is 0.319 e. The molecule has 1 aliphatic rings. The topological polar surface area (TPSA) is 60.9 Å². The summed E-state index contributed by atoms with van der Waals surface area (Å²) in [5.74, 6) is -1.22. The first-order valence-electron chi connectivity index (χ1n) is 6.34. The summed E-state index contributed by atoms with van der Waals surface area (Å²) in [6, 6.07) is 9.89. The maximum atomic E-state index is 12.0. The highest BCUT2D eigenvalue weighted by atomic mass is 16.4. The zero-order valence-electron chi connectivity index (χ0n) is 11.0. The Balaban J connectivity index is 1.76. The Kier molecular flexibility index (Phi) is 4.04. The van der Waals surface area contributed by atoms with E-state index in [1.54, 1.807) is 16.8 Å². The van der Waals surface area contributed by atoms with Crippen LogP contribution in [0, 0.1) is 5.92 Å². The summed E-state index contributed by atoms with van der Waals surface area (Å²) in [6.07, 6.45) is 0.805. The van der Waals surface area contributed by atoms with E-state index in [9.17, 15) is 9.59 Å². The molecule has 1 aromatic carbocycles. The molecule has 5 nitrogen and oxygen atoms in total. The Morgan fingerprint density at radius 1 is 1.32 bits per heavy atom. The minimum absolute atomic E-state index is 0.0894. The van der Waals surface area contributed by atoms with Crippen LogP contribution in [0.2, 0.25) is 0 Å². The number of amides is 2. The van der Waals surface area contributed by atoms with E-state index in [1.807, 2.05) is 30.3 Å². The number of likely N-dealkylation sites (N-methyl/N-ethyl adjacent to an activating group) is 1. The Morgan fingerprint density at radius 2 is 1.95 bits per heavy atom. The van der Waals surface area contributed by atoms with Crippen molar-refractivity contribution in [2.24, 2.45) is 5.92 Å². The average Bonchev–Trinajstić information content (AvgIpc) is 2.34. The first-order valence-corrected chi connectivity index (χ1v) is 6.34. The van der Waals surface area contributed by atoms with Crippen molar-refractivity contribution in [3.8, 4) is 0 Å². The second-order valence-corrected chi connectivity index (χ2v) is 4.88. The minimum atomic E-state index is -0.823. The Bertz CT molecular complexity index is 455. The summed E-state index contributed by atoms with van der Waals surface area (Å²) in [6.45, 7) is 1.28. The molecule has 0 radical (unpaired) electrons. The van der Waals surface area contributed by atoms with Crippen LogP contribution < -0.4 is 0 Å². The van der Waals surface area contributed by atoms with Crippen LogP contribution >= 0.6 is 0 Å². The zero-order chi connectivity index (χ0) is 13.8. The van der Waals surface area contributed by atoms with Gasteiger partial charge in [-0.2, -0.15) is 0 Å². The Hall–Kier alpha value is -2.04. The lowest BCUT2D eigenvalue weighted by Crippen LogP contribution is -2.56. The third-order valence-corrected chi connectivity index (χ3v) is 3.41. The maximum Gasteiger partial charge on any atom is 0.319 e. The predicted molar refractivity (Wildman–Crippen MR) is 70.9 cm³/mol. The van der Waals surface area contributed by atoms with Crippen molar-refractivity contribution in [1.29, 1.82) is 0 Å². The maximum absolute atomic E-state index is 12.0. The van der Waals surface area contributed by atoms with Gasteiger partial charge in [-0.25, -0.2) is 4.79 Å². The van der Waals surface area contributed by atoms with Crippen LogP contribution in [0.1, 0.15) is 5.56 Å². The molecule has 1 N–H and O–H groups in total. The molecule has 1 aromatic rings. The molecule has 0 bridgehead atoms. The van der Waals surface area contributed by atoms with Crippen LogP contribution in [0.3, 0.4) is 0 Å². The molecule has 102 valence electrons. The third kappa shape index (κ3) is 3.24. The molecule has 0 unspecified atom stereocenters. The van der Waals surface area contributed by atoms with Gasteiger partial charge in [0, 0.05) is 26.7 Å². The number of aliphatic carboxylic acids is 1. The summed E-state index contributed by atoms with van der Waals surface area (Å²) >= 11 is 0. The fraction of sp³-hybridized carbons (Fsp3) is 0.429. The van der Waals surface area contributed by atoms with Crippen molar-refractivity contribution in [2.75, 3.05) is 26.7 Å². The van der Waals surface area contributed by atoms with Gasteiger partial charge in [-0.05, 0) is 12.0 Å². The van der Waals surface area contributed by atoms with E-state index in [4.69, 9.17) is 5.11 Å². The zero-order valence-corrected chi connectivity index (χ0v) is 11.0. The second-order valence-electron chi connectivity index (χ2n) is 4.88. The number of rotatable bonds is 4. The summed E-state index contributed by atoms with van der Waals surface area (Å²) in [5, 5.41) is 8.77. The molecule has 2 amide bonds. The summed E-state index contributed by atoms with van der Waals surface area (Å²) < 4.78 is 0. The number of carbonyl (C=O) groups excluding carboxylic acids is 1. The number of carbonyl (C=O) groups is 2. The van der Waals surface area contributed by atoms with Crippen LogP contribution in [0.5, 0.6) is 0 Å². The van der Waals surface area contributed by atoms with Crippen molar-refractivity contribution < 1.29 is 14.7 Å². The highest BCUT2D eigenvalue weighted by Gasteiger charge is 2.36. The molecule has 19 heavy (non-hydrogen) atoms. The molecule has 0 atom stereocenters. The number of hydrogen-bond acceptors (Lipinski definition) is 2. The van der Waals surface area contributed by atoms with Gasteiger partial charge in [0.05, 0.1) is 5.92 Å². The molecule has 1 fully saturated rings. The standard InChI is InChI=1S/C14H18N2O3/c1-15(8-7-11-5-3-2-4-6-11)14(19)16-9-12(10-16)13(17)18/h2-6,12H,7-10H2,1H3,(H,17,18). The van der Waals surface area contributed by atoms with E-state index in [-0.39, 0.29) is 6.03 Å². The van der Waals surface area contributed by atoms with E-state index in [0.717, 1.165) is 6.42 Å². The predicted octanol–water partition coefficient (Wildman–Crippen LogP) is 1.30. The summed E-state index contributed by atoms with van der Waals surface area (Å²) in [5.41, 5.74) is 1.19. The first-order chi connectivity index (χ1) is 9.08. The highest BCUT2D eigenvalue weighted by Crippen LogP contribution is 2.17. The number of benzene rings is 1. The number of carboxylic acids is 1. The van der Waals surface area contributed by atoms with Crippen LogP contribution in [-0.2, 0) is 11.2 Å². The van der Waals surface area contributed by atoms with Gasteiger partial charge in [-0.3, -0.25) is 4.79 Å². The van der Waals surface area contributed by atoms with Crippen molar-refractivity contribution in [2.45, 2.75) is 6.42 Å². The second kappa shape index (κ2) is 5.73. The van der Waals surface area contributed by atoms with Gasteiger partial charge in [-0.15, -0.1) is 0 Å². The number of hydrogen-bond donors (Lipinski definition) is 1. The van der Waals surface area contributed by atoms with Gasteiger partial charge in [0.2, 0.25) is 0 Å². The van der Waals surface area contributed by atoms with Gasteiger partial charge in [0.15, 0.2) is 0 Å². The molecular formula is C14H18N2O3. The lowest BCUT2D eigenvalue weighted by atomic mass is 10.0.